The highest BCUT2D eigenvalue weighted by molar-refractivity contribution is 6.46. The van der Waals surface area contributed by atoms with Gasteiger partial charge >= 0.3 is 0 Å². The number of allylic oxidation sites excluding steroid dienone is 1. The van der Waals surface area contributed by atoms with Crippen LogP contribution < -0.4 is 5.73 Å². The molecule has 0 unspecified atom stereocenters. The third kappa shape index (κ3) is 4.26. The average molecular weight is 435 g/mol. The van der Waals surface area contributed by atoms with Crippen molar-refractivity contribution in [2.45, 2.75) is 25.7 Å². The van der Waals surface area contributed by atoms with Crippen molar-refractivity contribution in [2.24, 2.45) is 10.7 Å². The van der Waals surface area contributed by atoms with Crippen molar-refractivity contribution in [3.8, 4) is 0 Å². The predicted octanol–water partition coefficient (Wildman–Crippen LogP) is 2.25. The summed E-state index contributed by atoms with van der Waals surface area (Å²) in [5.74, 6) is -0.654. The van der Waals surface area contributed by atoms with Crippen LogP contribution in [0.15, 0.2) is 46.7 Å². The first-order valence-electron chi connectivity index (χ1n) is 9.36. The largest absolute Gasteiger partial charge is 0.403 e. The number of fused-ring (bicyclic) bond motifs is 1. The van der Waals surface area contributed by atoms with Crippen molar-refractivity contribution in [3.05, 3.63) is 69.9 Å². The number of hydrogen-bond acceptors (Lipinski definition) is 5. The molecule has 2 aromatic rings. The van der Waals surface area contributed by atoms with Crippen LogP contribution in [0.4, 0.5) is 4.39 Å². The van der Waals surface area contributed by atoms with Crippen molar-refractivity contribution >= 4 is 23.2 Å². The fourth-order valence-electron chi connectivity index (χ4n) is 3.68. The molecule has 0 saturated carbocycles. The molecule has 1 amide bonds. The number of aliphatic imine (C=N–C) groups is 1. The molecule has 0 fully saturated rings. The lowest BCUT2D eigenvalue weighted by molar-refractivity contribution is 0.0386. The molecule has 0 spiro atoms. The van der Waals surface area contributed by atoms with E-state index in [1.165, 1.54) is 24.4 Å². The minimum absolute atomic E-state index is 0.152. The van der Waals surface area contributed by atoms with E-state index in [1.54, 1.807) is 25.1 Å². The highest BCUT2D eigenvalue weighted by Crippen LogP contribution is 2.26. The van der Waals surface area contributed by atoms with Gasteiger partial charge in [0.25, 0.3) is 5.91 Å². The molecule has 1 aromatic heterocycles. The van der Waals surface area contributed by atoms with E-state index in [-0.39, 0.29) is 30.1 Å². The number of methoxy groups -OCH3 is 1. The van der Waals surface area contributed by atoms with Gasteiger partial charge in [-0.25, -0.2) is 4.39 Å². The summed E-state index contributed by atoms with van der Waals surface area (Å²) >= 11 is 6.15. The number of carbonyl (C=O) groups is 1. The Morgan fingerprint density at radius 2 is 2.20 bits per heavy atom. The van der Waals surface area contributed by atoms with E-state index in [4.69, 9.17) is 22.1 Å². The van der Waals surface area contributed by atoms with E-state index in [1.807, 2.05) is 10.8 Å². The van der Waals surface area contributed by atoms with Crippen LogP contribution in [0, 0.1) is 5.82 Å². The zero-order chi connectivity index (χ0) is 21.8. The number of ether oxygens (including phenoxy) is 1. The lowest BCUT2D eigenvalue weighted by Gasteiger charge is -2.36. The number of nitrogens with two attached hydrogens (primary N) is 1. The molecule has 1 atom stereocenters. The second kappa shape index (κ2) is 9.42. The molecule has 3 N–H and O–H groups in total. The van der Waals surface area contributed by atoms with Crippen molar-refractivity contribution in [2.75, 3.05) is 20.8 Å². The van der Waals surface area contributed by atoms with Crippen LogP contribution in [0.3, 0.4) is 0 Å². The average Bonchev–Trinajstić information content (AvgIpc) is 3.15. The topological polar surface area (TPSA) is 93.1 Å². The summed E-state index contributed by atoms with van der Waals surface area (Å²) in [5.41, 5.74) is 8.26. The van der Waals surface area contributed by atoms with Gasteiger partial charge in [0.1, 0.15) is 11.5 Å². The number of carbonyl (C=O) groups excluding carboxylic acids is 1. The van der Waals surface area contributed by atoms with E-state index in [9.17, 15) is 14.3 Å². The number of nitrogens with zero attached hydrogens (tertiary/aromatic N) is 3. The maximum absolute atomic E-state index is 13.8. The van der Waals surface area contributed by atoms with Crippen LogP contribution in [0.2, 0.25) is 0 Å². The maximum atomic E-state index is 13.8. The van der Waals surface area contributed by atoms with Gasteiger partial charge in [0, 0.05) is 45.2 Å². The van der Waals surface area contributed by atoms with Crippen molar-refractivity contribution < 1.29 is 19.0 Å². The highest BCUT2D eigenvalue weighted by Gasteiger charge is 2.34. The van der Waals surface area contributed by atoms with E-state index in [0.717, 1.165) is 0 Å². The summed E-state index contributed by atoms with van der Waals surface area (Å²) in [6, 6.07) is 5.60. The lowest BCUT2D eigenvalue weighted by Crippen LogP contribution is -2.49. The Kier molecular flexibility index (Phi) is 6.91. The summed E-state index contributed by atoms with van der Waals surface area (Å²) in [6.45, 7) is 0.701. The predicted molar refractivity (Wildman–Crippen MR) is 113 cm³/mol. The quantitative estimate of drug-likeness (QED) is 0.653. The number of amides is 1. The Hall–Kier alpha value is -2.68. The van der Waals surface area contributed by atoms with Gasteiger partial charge in [0.15, 0.2) is 0 Å². The van der Waals surface area contributed by atoms with Crippen molar-refractivity contribution in [1.29, 1.82) is 0 Å². The van der Waals surface area contributed by atoms with Crippen LogP contribution in [-0.2, 0) is 24.4 Å². The smallest absolute Gasteiger partial charge is 0.271 e. The first kappa shape index (κ1) is 22.0. The lowest BCUT2D eigenvalue weighted by atomic mass is 10.0. The molecular weight excluding hydrogens is 411 g/mol. The molecule has 1 aliphatic heterocycles. The van der Waals surface area contributed by atoms with Gasteiger partial charge < -0.3 is 25.0 Å². The number of aromatic nitrogens is 1. The fraction of sp³-hybridized carbons (Fsp3) is 0.333. The van der Waals surface area contributed by atoms with Gasteiger partial charge in [-0.2, -0.15) is 0 Å². The minimum Gasteiger partial charge on any atom is -0.403 e. The maximum Gasteiger partial charge on any atom is 0.271 e. The number of halogens is 2. The SMILES string of the molecule is CN=C(C(Cl)=CN)c1cc2n(c1)C[C@H](COC)N(Cc1cc(F)ccc1CO)C2=O. The Morgan fingerprint density at radius 1 is 1.43 bits per heavy atom. The summed E-state index contributed by atoms with van der Waals surface area (Å²) in [5, 5.41) is 9.89. The minimum atomic E-state index is -0.423. The van der Waals surface area contributed by atoms with Gasteiger partial charge in [-0.05, 0) is 29.3 Å². The first-order chi connectivity index (χ1) is 14.4. The van der Waals surface area contributed by atoms with Gasteiger partial charge in [-0.3, -0.25) is 9.79 Å². The normalized spacial score (nSPS) is 17.4. The molecule has 3 rings (SSSR count). The summed E-state index contributed by atoms with van der Waals surface area (Å²) in [7, 11) is 3.16. The summed E-state index contributed by atoms with van der Waals surface area (Å²) < 4.78 is 21.0. The second-order valence-corrected chi connectivity index (χ2v) is 7.37. The van der Waals surface area contributed by atoms with Crippen LogP contribution >= 0.6 is 11.6 Å². The molecule has 7 nitrogen and oxygen atoms in total. The van der Waals surface area contributed by atoms with Crippen molar-refractivity contribution in [3.63, 3.8) is 0 Å². The molecule has 1 aromatic carbocycles. The standard InChI is InChI=1S/C21H24ClFN4O3/c1-25-20(18(22)7-24)15-6-19-21(29)27(17(12-30-2)10-26(19)8-15)9-14-5-16(23)4-3-13(14)11-28/h3-8,17,28H,9-12,24H2,1-2H3/t17-/m1/s1. The molecule has 160 valence electrons. The highest BCUT2D eigenvalue weighted by atomic mass is 35.5. The number of hydrogen-bond donors (Lipinski definition) is 2. The van der Waals surface area contributed by atoms with E-state index >= 15 is 0 Å². The van der Waals surface area contributed by atoms with E-state index in [2.05, 4.69) is 4.99 Å². The van der Waals surface area contributed by atoms with E-state index in [0.29, 0.717) is 41.2 Å². The molecule has 0 aliphatic carbocycles. The van der Waals surface area contributed by atoms with Gasteiger partial charge in [0.2, 0.25) is 0 Å². The second-order valence-electron chi connectivity index (χ2n) is 6.97. The number of aliphatic hydroxyl groups excluding tert-OH is 1. The zero-order valence-electron chi connectivity index (χ0n) is 16.8. The van der Waals surface area contributed by atoms with Gasteiger partial charge in [-0.1, -0.05) is 17.7 Å². The molecule has 1 aliphatic rings. The Labute approximate surface area is 179 Å². The molecule has 2 heterocycles. The monoisotopic (exact) mass is 434 g/mol. The third-order valence-corrected chi connectivity index (χ3v) is 5.44. The summed E-state index contributed by atoms with van der Waals surface area (Å²) in [4.78, 5) is 19.2. The van der Waals surface area contributed by atoms with Gasteiger partial charge in [-0.15, -0.1) is 0 Å². The van der Waals surface area contributed by atoms with Crippen LogP contribution in [0.1, 0.15) is 27.2 Å². The first-order valence-corrected chi connectivity index (χ1v) is 9.74. The third-order valence-electron chi connectivity index (χ3n) is 5.13. The molecular formula is C21H24ClFN4O3. The Bertz CT molecular complexity index is 1000. The molecule has 30 heavy (non-hydrogen) atoms. The Morgan fingerprint density at radius 3 is 2.83 bits per heavy atom. The van der Waals surface area contributed by atoms with Gasteiger partial charge in [0.05, 0.1) is 30.0 Å². The van der Waals surface area contributed by atoms with Crippen molar-refractivity contribution in [1.82, 2.24) is 9.47 Å². The number of rotatable bonds is 7. The molecule has 0 bridgehead atoms. The Balaban J connectivity index is 1.99. The van der Waals surface area contributed by atoms with Crippen LogP contribution in [-0.4, -0.2) is 53.0 Å². The summed E-state index contributed by atoms with van der Waals surface area (Å²) in [6.07, 6.45) is 3.06. The fourth-order valence-corrected chi connectivity index (χ4v) is 3.87. The molecule has 9 heteroatoms. The molecule has 0 radical (unpaired) electrons. The molecule has 0 saturated heterocycles. The van der Waals surface area contributed by atoms with Crippen LogP contribution in [0.5, 0.6) is 0 Å². The number of benzene rings is 1. The van der Waals surface area contributed by atoms with E-state index < -0.39 is 5.82 Å². The zero-order valence-corrected chi connectivity index (χ0v) is 17.6. The van der Waals surface area contributed by atoms with Crippen LogP contribution in [0.25, 0.3) is 0 Å². The number of aliphatic hydroxyl groups is 1.